The Kier molecular flexibility index (Phi) is 6.62. The summed E-state index contributed by atoms with van der Waals surface area (Å²) in [4.78, 5) is 26.7. The van der Waals surface area contributed by atoms with Gasteiger partial charge in [0.1, 0.15) is 35.6 Å². The van der Waals surface area contributed by atoms with Crippen LogP contribution in [0.25, 0.3) is 11.0 Å². The van der Waals surface area contributed by atoms with Gasteiger partial charge in [0.05, 0.1) is 23.6 Å². The van der Waals surface area contributed by atoms with E-state index in [2.05, 4.69) is 26.8 Å². The number of ether oxygens (including phenoxy) is 2. The van der Waals surface area contributed by atoms with E-state index in [4.69, 9.17) is 21.1 Å². The van der Waals surface area contributed by atoms with Crippen LogP contribution in [-0.4, -0.2) is 44.4 Å². The number of amides is 1. The van der Waals surface area contributed by atoms with Crippen LogP contribution in [0, 0.1) is 5.82 Å². The zero-order valence-electron chi connectivity index (χ0n) is 19.9. The van der Waals surface area contributed by atoms with Crippen LogP contribution in [0.2, 0.25) is 5.02 Å². The second-order valence-electron chi connectivity index (χ2n) is 8.88. The smallest absolute Gasteiger partial charge is 0.246 e. The van der Waals surface area contributed by atoms with Crippen molar-refractivity contribution in [2.45, 2.75) is 19.1 Å². The monoisotopic (exact) mass is 519 g/mol. The summed E-state index contributed by atoms with van der Waals surface area (Å²) in [7, 11) is 0. The molecule has 1 saturated heterocycles. The maximum atomic E-state index is 13.4. The molecule has 0 saturated carbocycles. The fraction of sp³-hybridized carbons (Fsp3) is 0.185. The Morgan fingerprint density at radius 1 is 1.22 bits per heavy atom. The van der Waals surface area contributed by atoms with Gasteiger partial charge < -0.3 is 19.7 Å². The van der Waals surface area contributed by atoms with Crippen LogP contribution in [0.15, 0.2) is 73.6 Å². The second kappa shape index (κ2) is 10.0. The largest absolute Gasteiger partial charge is 0.487 e. The number of halogens is 2. The van der Waals surface area contributed by atoms with E-state index < -0.39 is 5.60 Å². The topological polar surface area (TPSA) is 89.5 Å². The fourth-order valence-corrected chi connectivity index (χ4v) is 4.29. The van der Waals surface area contributed by atoms with Crippen LogP contribution >= 0.6 is 11.6 Å². The Morgan fingerprint density at radius 3 is 2.81 bits per heavy atom. The van der Waals surface area contributed by atoms with Gasteiger partial charge in [0.25, 0.3) is 0 Å². The van der Waals surface area contributed by atoms with E-state index in [9.17, 15) is 9.18 Å². The highest BCUT2D eigenvalue weighted by Gasteiger charge is 2.43. The third kappa shape index (κ3) is 5.46. The van der Waals surface area contributed by atoms with E-state index in [0.29, 0.717) is 57.8 Å². The minimum Gasteiger partial charge on any atom is -0.487 e. The highest BCUT2D eigenvalue weighted by atomic mass is 35.5. The average Bonchev–Trinajstić information content (AvgIpc) is 2.86. The van der Waals surface area contributed by atoms with Crippen molar-refractivity contribution in [1.29, 1.82) is 0 Å². The quantitative estimate of drug-likeness (QED) is 0.316. The number of benzene rings is 2. The van der Waals surface area contributed by atoms with Gasteiger partial charge in [0, 0.05) is 11.8 Å². The molecule has 0 spiro atoms. The summed E-state index contributed by atoms with van der Waals surface area (Å²) in [6, 6.07) is 15.0. The summed E-state index contributed by atoms with van der Waals surface area (Å²) in [5.74, 6) is 0.893. The molecule has 2 aromatic heterocycles. The molecule has 0 aliphatic carbocycles. The van der Waals surface area contributed by atoms with Crippen LogP contribution in [0.4, 0.5) is 15.9 Å². The number of aromatic nitrogens is 3. The van der Waals surface area contributed by atoms with Crippen LogP contribution < -0.4 is 14.8 Å². The number of likely N-dealkylation sites (tertiary alicyclic amines) is 1. The third-order valence-corrected chi connectivity index (χ3v) is 6.12. The molecule has 8 nitrogen and oxygen atoms in total. The summed E-state index contributed by atoms with van der Waals surface area (Å²) in [6.07, 6.45) is 2.73. The second-order valence-corrected chi connectivity index (χ2v) is 9.29. The Morgan fingerprint density at radius 2 is 2.05 bits per heavy atom. The van der Waals surface area contributed by atoms with E-state index in [1.165, 1.54) is 24.5 Å². The molecule has 4 aromatic rings. The lowest BCUT2D eigenvalue weighted by Crippen LogP contribution is -2.64. The Labute approximate surface area is 217 Å². The van der Waals surface area contributed by atoms with Gasteiger partial charge in [-0.05, 0) is 55.0 Å². The van der Waals surface area contributed by atoms with Gasteiger partial charge in [-0.2, -0.15) is 0 Å². The van der Waals surface area contributed by atoms with Crippen molar-refractivity contribution in [2.24, 2.45) is 0 Å². The first-order chi connectivity index (χ1) is 17.8. The maximum absolute atomic E-state index is 13.4. The summed E-state index contributed by atoms with van der Waals surface area (Å²) in [6.45, 7) is 6.51. The Bertz CT molecular complexity index is 1490. The first-order valence-electron chi connectivity index (χ1n) is 11.5. The summed E-state index contributed by atoms with van der Waals surface area (Å²) < 4.78 is 25.2. The fourth-order valence-electron chi connectivity index (χ4n) is 4.05. The van der Waals surface area contributed by atoms with E-state index in [-0.39, 0.29) is 18.3 Å². The molecule has 1 aliphatic heterocycles. The lowest BCUT2D eigenvalue weighted by atomic mass is 9.96. The van der Waals surface area contributed by atoms with Gasteiger partial charge in [0.2, 0.25) is 11.8 Å². The van der Waals surface area contributed by atoms with Crippen molar-refractivity contribution >= 4 is 40.0 Å². The van der Waals surface area contributed by atoms with Crippen molar-refractivity contribution in [2.75, 3.05) is 18.4 Å². The number of carbonyl (C=O) groups is 1. The van der Waals surface area contributed by atoms with E-state index in [0.717, 1.165) is 0 Å². The Hall–Kier alpha value is -4.24. The lowest BCUT2D eigenvalue weighted by molar-refractivity contribution is -0.143. The number of anilines is 2. The molecular formula is C27H23ClFN5O3. The van der Waals surface area contributed by atoms with E-state index in [1.54, 1.807) is 47.4 Å². The molecule has 1 aliphatic rings. The number of hydrogen-bond donors (Lipinski definition) is 1. The Balaban J connectivity index is 1.30. The normalized spacial score (nSPS) is 14.1. The van der Waals surface area contributed by atoms with E-state index in [1.807, 2.05) is 6.92 Å². The van der Waals surface area contributed by atoms with Crippen molar-refractivity contribution in [3.63, 3.8) is 0 Å². The predicted molar refractivity (Wildman–Crippen MR) is 139 cm³/mol. The van der Waals surface area contributed by atoms with Gasteiger partial charge in [-0.15, -0.1) is 0 Å². The number of pyridine rings is 1. The summed E-state index contributed by atoms with van der Waals surface area (Å²) in [5, 5.41) is 3.60. The number of nitrogens with one attached hydrogen (secondary N) is 1. The molecule has 1 N–H and O–H groups in total. The zero-order chi connectivity index (χ0) is 26.0. The van der Waals surface area contributed by atoms with Gasteiger partial charge in [-0.1, -0.05) is 30.3 Å². The van der Waals surface area contributed by atoms with Gasteiger partial charge in [0.15, 0.2) is 5.82 Å². The van der Waals surface area contributed by atoms with Crippen LogP contribution in [-0.2, 0) is 11.4 Å². The number of nitrogens with zero attached hydrogens (tertiary/aromatic N) is 4. The van der Waals surface area contributed by atoms with Gasteiger partial charge in [-0.25, -0.2) is 19.3 Å². The number of carbonyl (C=O) groups excluding carboxylic acids is 1. The van der Waals surface area contributed by atoms with Crippen LogP contribution in [0.1, 0.15) is 12.5 Å². The van der Waals surface area contributed by atoms with Crippen molar-refractivity contribution in [3.05, 3.63) is 90.0 Å². The standard InChI is InChI=1S/C27H23ClFN5O3/c1-3-24(35)34-14-27(2,15-34)37-23-10-8-21-25(33-23)26(31-16-30-21)32-19-7-9-22(20(28)12-19)36-13-17-5-4-6-18(29)11-17/h3-12,16H,1,13-15H2,2H3,(H,30,31,32). The third-order valence-electron chi connectivity index (χ3n) is 5.82. The highest BCUT2D eigenvalue weighted by Crippen LogP contribution is 2.32. The first-order valence-corrected chi connectivity index (χ1v) is 11.9. The zero-order valence-corrected chi connectivity index (χ0v) is 20.7. The number of rotatable bonds is 8. The first kappa shape index (κ1) is 24.5. The molecule has 10 heteroatoms. The number of fused-ring (bicyclic) bond motifs is 1. The van der Waals surface area contributed by atoms with Crippen LogP contribution in [0.5, 0.6) is 11.6 Å². The molecule has 0 unspecified atom stereocenters. The van der Waals surface area contributed by atoms with Crippen molar-refractivity contribution < 1.29 is 18.7 Å². The molecule has 37 heavy (non-hydrogen) atoms. The molecule has 2 aromatic carbocycles. The number of hydrogen-bond acceptors (Lipinski definition) is 7. The minimum absolute atomic E-state index is 0.128. The summed E-state index contributed by atoms with van der Waals surface area (Å²) in [5.41, 5.74) is 1.97. The molecule has 1 amide bonds. The SMILES string of the molecule is C=CC(=O)N1CC(C)(Oc2ccc3ncnc(Nc4ccc(OCc5cccc(F)c5)c(Cl)c4)c3n2)C1. The molecule has 1 fully saturated rings. The molecule has 5 rings (SSSR count). The molecule has 3 heterocycles. The molecular weight excluding hydrogens is 497 g/mol. The van der Waals surface area contributed by atoms with Gasteiger partial charge in [-0.3, -0.25) is 4.79 Å². The van der Waals surface area contributed by atoms with Crippen molar-refractivity contribution in [1.82, 2.24) is 19.9 Å². The average molecular weight is 520 g/mol. The maximum Gasteiger partial charge on any atom is 0.246 e. The lowest BCUT2D eigenvalue weighted by Gasteiger charge is -2.46. The van der Waals surface area contributed by atoms with Crippen molar-refractivity contribution in [3.8, 4) is 11.6 Å². The van der Waals surface area contributed by atoms with Crippen LogP contribution in [0.3, 0.4) is 0 Å². The summed E-state index contributed by atoms with van der Waals surface area (Å²) >= 11 is 6.43. The molecule has 0 bridgehead atoms. The van der Waals surface area contributed by atoms with Gasteiger partial charge >= 0.3 is 0 Å². The minimum atomic E-state index is -0.544. The highest BCUT2D eigenvalue weighted by molar-refractivity contribution is 6.32. The predicted octanol–water partition coefficient (Wildman–Crippen LogP) is 5.31. The molecule has 0 atom stereocenters. The van der Waals surface area contributed by atoms with E-state index >= 15 is 0 Å². The molecule has 0 radical (unpaired) electrons. The molecule has 188 valence electrons.